The van der Waals surface area contributed by atoms with Crippen molar-refractivity contribution in [2.75, 3.05) is 11.9 Å². The lowest BCUT2D eigenvalue weighted by Crippen LogP contribution is -2.22. The van der Waals surface area contributed by atoms with Gasteiger partial charge in [-0.2, -0.15) is 5.26 Å². The molecule has 9 heteroatoms. The van der Waals surface area contributed by atoms with Gasteiger partial charge in [0, 0.05) is 17.8 Å². The first kappa shape index (κ1) is 19.2. The molecule has 1 aromatic heterocycles. The largest absolute Gasteiger partial charge is 0.573 e. The van der Waals surface area contributed by atoms with Crippen LogP contribution in [0.25, 0.3) is 0 Å². The first-order valence-electron chi connectivity index (χ1n) is 8.26. The van der Waals surface area contributed by atoms with Gasteiger partial charge in [0.1, 0.15) is 16.8 Å². The van der Waals surface area contributed by atoms with E-state index in [1.807, 2.05) is 0 Å². The molecule has 0 radical (unpaired) electrons. The molecule has 27 heavy (non-hydrogen) atoms. The number of fused-ring (bicyclic) bond motifs is 1. The van der Waals surface area contributed by atoms with E-state index < -0.39 is 6.36 Å². The van der Waals surface area contributed by atoms with Crippen LogP contribution in [0, 0.1) is 11.3 Å². The summed E-state index contributed by atoms with van der Waals surface area (Å²) in [5.41, 5.74) is 1.73. The molecule has 0 saturated heterocycles. The van der Waals surface area contributed by atoms with Gasteiger partial charge >= 0.3 is 6.36 Å². The molecule has 2 heterocycles. The summed E-state index contributed by atoms with van der Waals surface area (Å²) in [6, 6.07) is 7.87. The van der Waals surface area contributed by atoms with Crippen LogP contribution in [0.3, 0.4) is 0 Å². The Bertz CT molecular complexity index is 887. The number of thiophene rings is 1. The predicted molar refractivity (Wildman–Crippen MR) is 94.5 cm³/mol. The Balaban J connectivity index is 1.66. The molecule has 1 amide bonds. The van der Waals surface area contributed by atoms with E-state index in [9.17, 15) is 23.2 Å². The Morgan fingerprint density at radius 3 is 2.89 bits per heavy atom. The molecule has 0 spiro atoms. The number of hydrogen-bond acceptors (Lipinski definition) is 5. The Hall–Kier alpha value is -2.57. The summed E-state index contributed by atoms with van der Waals surface area (Å²) in [6.07, 6.45) is -3.99. The lowest BCUT2D eigenvalue weighted by atomic mass is 10.0. The van der Waals surface area contributed by atoms with Gasteiger partial charge in [0.25, 0.3) is 0 Å². The number of benzene rings is 1. The van der Waals surface area contributed by atoms with Crippen molar-refractivity contribution in [1.82, 2.24) is 5.32 Å². The number of nitriles is 1. The second-order valence-corrected chi connectivity index (χ2v) is 7.06. The van der Waals surface area contributed by atoms with Gasteiger partial charge in [0.05, 0.1) is 5.56 Å². The second kappa shape index (κ2) is 7.98. The van der Waals surface area contributed by atoms with Gasteiger partial charge in [0.15, 0.2) is 0 Å². The molecule has 5 nitrogen and oxygen atoms in total. The standard InChI is InChI=1S/C18H16F3N3O2S/c19-18(20,21)26-14-4-2-1-3-11(14)5-6-16(25)24-17-13(9-22)12-7-8-23-10-15(12)27-17/h1-4,23H,5-8,10H2,(H,24,25). The van der Waals surface area contributed by atoms with Crippen LogP contribution in [0.15, 0.2) is 24.3 Å². The van der Waals surface area contributed by atoms with Crippen LogP contribution in [0.1, 0.15) is 28.0 Å². The molecule has 1 aromatic carbocycles. The zero-order valence-electron chi connectivity index (χ0n) is 14.2. The van der Waals surface area contributed by atoms with Gasteiger partial charge < -0.3 is 15.4 Å². The Labute approximate surface area is 157 Å². The number of halogens is 3. The van der Waals surface area contributed by atoms with Crippen LogP contribution < -0.4 is 15.4 Å². The van der Waals surface area contributed by atoms with E-state index >= 15 is 0 Å². The van der Waals surface area contributed by atoms with Crippen molar-refractivity contribution in [2.45, 2.75) is 32.2 Å². The average molecular weight is 395 g/mol. The number of nitrogens with zero attached hydrogens (tertiary/aromatic N) is 1. The third kappa shape index (κ3) is 4.78. The maximum atomic E-state index is 12.5. The topological polar surface area (TPSA) is 74.2 Å². The van der Waals surface area contributed by atoms with Crippen molar-refractivity contribution in [3.05, 3.63) is 45.8 Å². The van der Waals surface area contributed by atoms with E-state index in [4.69, 9.17) is 0 Å². The van der Waals surface area contributed by atoms with Crippen LogP contribution >= 0.6 is 11.3 Å². The summed E-state index contributed by atoms with van der Waals surface area (Å²) in [7, 11) is 0. The van der Waals surface area contributed by atoms with Crippen molar-refractivity contribution < 1.29 is 22.7 Å². The minimum atomic E-state index is -4.79. The highest BCUT2D eigenvalue weighted by Crippen LogP contribution is 2.35. The molecule has 0 aliphatic carbocycles. The van der Waals surface area contributed by atoms with E-state index in [0.29, 0.717) is 22.7 Å². The number of hydrogen-bond donors (Lipinski definition) is 2. The maximum absolute atomic E-state index is 12.5. The number of anilines is 1. The van der Waals surface area contributed by atoms with Crippen LogP contribution in [0.2, 0.25) is 0 Å². The molecule has 3 rings (SSSR count). The molecule has 1 aliphatic heterocycles. The molecule has 1 aliphatic rings. The van der Waals surface area contributed by atoms with Crippen LogP contribution in [-0.4, -0.2) is 18.8 Å². The highest BCUT2D eigenvalue weighted by Gasteiger charge is 2.32. The molecule has 2 aromatic rings. The van der Waals surface area contributed by atoms with E-state index in [1.54, 1.807) is 6.07 Å². The summed E-state index contributed by atoms with van der Waals surface area (Å²) in [6.45, 7) is 1.44. The number of rotatable bonds is 5. The maximum Gasteiger partial charge on any atom is 0.573 e. The van der Waals surface area contributed by atoms with Crippen molar-refractivity contribution in [1.29, 1.82) is 5.26 Å². The average Bonchev–Trinajstić information content (AvgIpc) is 2.96. The summed E-state index contributed by atoms with van der Waals surface area (Å²) in [5.74, 6) is -0.673. The number of alkyl halides is 3. The third-order valence-electron chi connectivity index (χ3n) is 4.11. The van der Waals surface area contributed by atoms with Crippen molar-refractivity contribution in [3.63, 3.8) is 0 Å². The summed E-state index contributed by atoms with van der Waals surface area (Å²) >= 11 is 1.36. The molecule has 2 N–H and O–H groups in total. The van der Waals surface area contributed by atoms with E-state index in [-0.39, 0.29) is 24.5 Å². The molecule has 0 unspecified atom stereocenters. The molecular weight excluding hydrogens is 379 g/mol. The number of nitrogens with one attached hydrogen (secondary N) is 2. The van der Waals surface area contributed by atoms with Gasteiger partial charge in [-0.15, -0.1) is 24.5 Å². The van der Waals surface area contributed by atoms with Crippen LogP contribution in [-0.2, 0) is 24.2 Å². The Morgan fingerprint density at radius 1 is 1.37 bits per heavy atom. The number of aryl methyl sites for hydroxylation is 1. The van der Waals surface area contributed by atoms with E-state index in [1.165, 1.54) is 29.5 Å². The minimum Gasteiger partial charge on any atom is -0.406 e. The number of carbonyl (C=O) groups excluding carboxylic acids is 1. The van der Waals surface area contributed by atoms with Crippen LogP contribution in [0.4, 0.5) is 18.2 Å². The van der Waals surface area contributed by atoms with Gasteiger partial charge in [-0.05, 0) is 36.6 Å². The van der Waals surface area contributed by atoms with Gasteiger partial charge in [-0.3, -0.25) is 4.79 Å². The number of amides is 1. The van der Waals surface area contributed by atoms with Gasteiger partial charge in [-0.1, -0.05) is 18.2 Å². The van der Waals surface area contributed by atoms with E-state index in [0.717, 1.165) is 23.4 Å². The van der Waals surface area contributed by atoms with Crippen molar-refractivity contribution >= 4 is 22.2 Å². The lowest BCUT2D eigenvalue weighted by molar-refractivity contribution is -0.274. The Morgan fingerprint density at radius 2 is 2.15 bits per heavy atom. The number of ether oxygens (including phenoxy) is 1. The first-order valence-corrected chi connectivity index (χ1v) is 9.08. The fraction of sp³-hybridized carbons (Fsp3) is 0.333. The third-order valence-corrected chi connectivity index (χ3v) is 5.26. The summed E-state index contributed by atoms with van der Waals surface area (Å²) in [5, 5.41) is 15.8. The summed E-state index contributed by atoms with van der Waals surface area (Å²) < 4.78 is 41.4. The predicted octanol–water partition coefficient (Wildman–Crippen LogP) is 3.74. The first-order chi connectivity index (χ1) is 12.9. The summed E-state index contributed by atoms with van der Waals surface area (Å²) in [4.78, 5) is 13.3. The second-order valence-electron chi connectivity index (χ2n) is 5.95. The highest BCUT2D eigenvalue weighted by molar-refractivity contribution is 7.16. The quantitative estimate of drug-likeness (QED) is 0.809. The fourth-order valence-electron chi connectivity index (χ4n) is 2.91. The molecule has 142 valence electrons. The lowest BCUT2D eigenvalue weighted by Gasteiger charge is -2.13. The molecule has 0 saturated carbocycles. The monoisotopic (exact) mass is 395 g/mol. The molecule has 0 bridgehead atoms. The van der Waals surface area contributed by atoms with Gasteiger partial charge in [-0.25, -0.2) is 0 Å². The normalized spacial score (nSPS) is 13.6. The molecule has 0 atom stereocenters. The van der Waals surface area contributed by atoms with Crippen molar-refractivity contribution in [2.24, 2.45) is 0 Å². The number of carbonyl (C=O) groups is 1. The zero-order chi connectivity index (χ0) is 19.4. The SMILES string of the molecule is N#Cc1c(NC(=O)CCc2ccccc2OC(F)(F)F)sc2c1CCNC2. The zero-order valence-corrected chi connectivity index (χ0v) is 15.0. The highest BCUT2D eigenvalue weighted by atomic mass is 32.1. The Kier molecular flexibility index (Phi) is 5.68. The molecule has 0 fully saturated rings. The smallest absolute Gasteiger partial charge is 0.406 e. The van der Waals surface area contributed by atoms with Crippen LogP contribution in [0.5, 0.6) is 5.75 Å². The molecular formula is C18H16F3N3O2S. The van der Waals surface area contributed by atoms with Gasteiger partial charge in [0.2, 0.25) is 5.91 Å². The van der Waals surface area contributed by atoms with E-state index in [2.05, 4.69) is 21.4 Å². The van der Waals surface area contributed by atoms with Crippen molar-refractivity contribution in [3.8, 4) is 11.8 Å². The fourth-order valence-corrected chi connectivity index (χ4v) is 4.10. The number of para-hydroxylation sites is 1. The minimum absolute atomic E-state index is 0.0239.